The van der Waals surface area contributed by atoms with Crippen LogP contribution < -0.4 is 14.9 Å². The third-order valence-corrected chi connectivity index (χ3v) is 6.66. The fourth-order valence-electron chi connectivity index (χ4n) is 3.01. The molecule has 0 aliphatic carbocycles. The Hall–Kier alpha value is -3.78. The monoisotopic (exact) mass is 465 g/mol. The molecule has 0 fully saturated rings. The van der Waals surface area contributed by atoms with E-state index in [0.717, 1.165) is 12.3 Å². The zero-order valence-corrected chi connectivity index (χ0v) is 17.9. The molecule has 0 spiro atoms. The molecule has 1 aliphatic heterocycles. The normalized spacial score (nSPS) is 13.0. The molecule has 0 saturated heterocycles. The topological polar surface area (TPSA) is 167 Å². The Morgan fingerprint density at radius 2 is 1.69 bits per heavy atom. The number of hydrogen-bond donors (Lipinski definition) is 1. The van der Waals surface area contributed by atoms with E-state index in [1.165, 1.54) is 28.6 Å². The van der Waals surface area contributed by atoms with E-state index < -0.39 is 25.6 Å². The van der Waals surface area contributed by atoms with Crippen molar-refractivity contribution in [1.29, 1.82) is 0 Å². The summed E-state index contributed by atoms with van der Waals surface area (Å²) in [7, 11) is -3.90. The quantitative estimate of drug-likeness (QED) is 0.333. The minimum absolute atomic E-state index is 0.0692. The highest BCUT2D eigenvalue weighted by Gasteiger charge is 2.26. The van der Waals surface area contributed by atoms with Crippen LogP contribution in [0.2, 0.25) is 0 Å². The van der Waals surface area contributed by atoms with Crippen LogP contribution in [-0.2, 0) is 10.0 Å². The van der Waals surface area contributed by atoms with E-state index in [4.69, 9.17) is 9.47 Å². The minimum Gasteiger partial charge on any atom is -0.454 e. The van der Waals surface area contributed by atoms with Crippen LogP contribution in [0.15, 0.2) is 40.3 Å². The van der Waals surface area contributed by atoms with Crippen molar-refractivity contribution in [2.75, 3.05) is 25.3 Å². The molecule has 13 nitrogen and oxygen atoms in total. The maximum atomic E-state index is 12.6. The number of benzene rings is 2. The molecule has 0 bridgehead atoms. The van der Waals surface area contributed by atoms with E-state index in [9.17, 15) is 28.6 Å². The molecule has 1 aliphatic rings. The van der Waals surface area contributed by atoms with E-state index in [1.807, 2.05) is 0 Å². The van der Waals surface area contributed by atoms with E-state index >= 15 is 0 Å². The number of ether oxygens (including phenoxy) is 2. The van der Waals surface area contributed by atoms with Gasteiger partial charge in [0.15, 0.2) is 11.5 Å². The summed E-state index contributed by atoms with van der Waals surface area (Å²) in [5.74, 6) is 0.524. The molecule has 0 unspecified atom stereocenters. The summed E-state index contributed by atoms with van der Waals surface area (Å²) in [6.45, 7) is 3.68. The molecule has 3 rings (SSSR count). The first-order chi connectivity index (χ1) is 15.2. The molecule has 1 heterocycles. The van der Waals surface area contributed by atoms with Gasteiger partial charge in [-0.3, -0.25) is 25.7 Å². The standard InChI is InChI=1S/C18H19N5O8S/c1-3-21(4-2)32(28,29)13-5-6-14(16(8-13)23(26)27)20-19-10-12-7-17-18(31-11-30-17)9-15(12)22(24)25/h5-10,20H,3-4,11H2,1-2H3/b19-10+. The first kappa shape index (κ1) is 22.9. The Bertz CT molecular complexity index is 1190. The number of sulfonamides is 1. The van der Waals surface area contributed by atoms with Crippen molar-refractivity contribution >= 4 is 33.3 Å². The molecule has 170 valence electrons. The molecule has 1 N–H and O–H groups in total. The van der Waals surface area contributed by atoms with Crippen LogP contribution in [0.5, 0.6) is 11.5 Å². The molecule has 0 amide bonds. The van der Waals surface area contributed by atoms with Gasteiger partial charge in [-0.05, 0) is 18.2 Å². The number of nitrogens with one attached hydrogen (secondary N) is 1. The van der Waals surface area contributed by atoms with Crippen LogP contribution in [0, 0.1) is 20.2 Å². The number of fused-ring (bicyclic) bond motifs is 1. The number of anilines is 1. The zero-order chi connectivity index (χ0) is 23.5. The number of nitro groups is 2. The molecular weight excluding hydrogens is 446 g/mol. The summed E-state index contributed by atoms with van der Waals surface area (Å²) < 4.78 is 36.8. The van der Waals surface area contributed by atoms with Gasteiger partial charge in [-0.1, -0.05) is 13.8 Å². The SMILES string of the molecule is CCN(CC)S(=O)(=O)c1ccc(N/N=C/c2cc3c(cc2[N+](=O)[O-])OCO3)c([N+](=O)[O-])c1. The van der Waals surface area contributed by atoms with Crippen molar-refractivity contribution in [2.45, 2.75) is 18.7 Å². The van der Waals surface area contributed by atoms with Gasteiger partial charge in [-0.2, -0.15) is 9.41 Å². The predicted octanol–water partition coefficient (Wildman–Crippen LogP) is 2.71. The highest BCUT2D eigenvalue weighted by molar-refractivity contribution is 7.89. The van der Waals surface area contributed by atoms with Gasteiger partial charge >= 0.3 is 0 Å². The fraction of sp³-hybridized carbons (Fsp3) is 0.278. The largest absolute Gasteiger partial charge is 0.454 e. The maximum Gasteiger partial charge on any atom is 0.295 e. The van der Waals surface area contributed by atoms with Crippen molar-refractivity contribution in [3.63, 3.8) is 0 Å². The average Bonchev–Trinajstić information content (AvgIpc) is 3.21. The van der Waals surface area contributed by atoms with Gasteiger partial charge in [0.05, 0.1) is 32.6 Å². The molecule has 2 aromatic carbocycles. The van der Waals surface area contributed by atoms with Gasteiger partial charge in [-0.15, -0.1) is 0 Å². The van der Waals surface area contributed by atoms with Gasteiger partial charge in [0, 0.05) is 19.2 Å². The molecule has 0 saturated carbocycles. The Labute approximate surface area is 182 Å². The smallest absolute Gasteiger partial charge is 0.295 e. The van der Waals surface area contributed by atoms with Crippen LogP contribution in [0.3, 0.4) is 0 Å². The number of nitrogens with zero attached hydrogens (tertiary/aromatic N) is 4. The van der Waals surface area contributed by atoms with E-state index in [-0.39, 0.29) is 47.5 Å². The lowest BCUT2D eigenvalue weighted by molar-refractivity contribution is -0.385. The van der Waals surface area contributed by atoms with E-state index in [0.29, 0.717) is 5.75 Å². The van der Waals surface area contributed by atoms with E-state index in [2.05, 4.69) is 10.5 Å². The van der Waals surface area contributed by atoms with Gasteiger partial charge in [0.25, 0.3) is 11.4 Å². The second kappa shape index (κ2) is 9.15. The van der Waals surface area contributed by atoms with Crippen molar-refractivity contribution < 1.29 is 27.7 Å². The van der Waals surface area contributed by atoms with Crippen LogP contribution in [0.25, 0.3) is 0 Å². The molecular formula is C18H19N5O8S. The lowest BCUT2D eigenvalue weighted by Gasteiger charge is -2.18. The fourth-order valence-corrected chi connectivity index (χ4v) is 4.49. The lowest BCUT2D eigenvalue weighted by atomic mass is 10.1. The summed E-state index contributed by atoms with van der Waals surface area (Å²) >= 11 is 0. The zero-order valence-electron chi connectivity index (χ0n) is 17.0. The third-order valence-electron chi connectivity index (χ3n) is 4.62. The Balaban J connectivity index is 1.91. The van der Waals surface area contributed by atoms with Crippen molar-refractivity contribution in [1.82, 2.24) is 4.31 Å². The van der Waals surface area contributed by atoms with Crippen LogP contribution in [0.1, 0.15) is 19.4 Å². The number of nitro benzene ring substituents is 2. The summed E-state index contributed by atoms with van der Waals surface area (Å²) in [6.07, 6.45) is 1.10. The summed E-state index contributed by atoms with van der Waals surface area (Å²) in [5, 5.41) is 26.7. The first-order valence-electron chi connectivity index (χ1n) is 9.34. The highest BCUT2D eigenvalue weighted by atomic mass is 32.2. The van der Waals surface area contributed by atoms with E-state index in [1.54, 1.807) is 13.8 Å². The van der Waals surface area contributed by atoms with Crippen molar-refractivity contribution in [3.8, 4) is 11.5 Å². The maximum absolute atomic E-state index is 12.6. The van der Waals surface area contributed by atoms with Crippen LogP contribution >= 0.6 is 0 Å². The van der Waals surface area contributed by atoms with Crippen LogP contribution in [-0.4, -0.2) is 48.7 Å². The summed E-state index contributed by atoms with van der Waals surface area (Å²) in [4.78, 5) is 21.2. The van der Waals surface area contributed by atoms with Gasteiger partial charge in [-0.25, -0.2) is 8.42 Å². The van der Waals surface area contributed by atoms with Gasteiger partial charge < -0.3 is 9.47 Å². The van der Waals surface area contributed by atoms with Crippen LogP contribution in [0.4, 0.5) is 17.1 Å². The number of hydrazone groups is 1. The average molecular weight is 465 g/mol. The van der Waals surface area contributed by atoms with Crippen molar-refractivity contribution in [3.05, 3.63) is 56.1 Å². The second-order valence-electron chi connectivity index (χ2n) is 6.42. The van der Waals surface area contributed by atoms with Crippen molar-refractivity contribution in [2.24, 2.45) is 5.10 Å². The lowest BCUT2D eigenvalue weighted by Crippen LogP contribution is -2.30. The second-order valence-corrected chi connectivity index (χ2v) is 8.35. The molecule has 32 heavy (non-hydrogen) atoms. The predicted molar refractivity (Wildman–Crippen MR) is 114 cm³/mol. The number of rotatable bonds is 9. The molecule has 0 radical (unpaired) electrons. The van der Waals surface area contributed by atoms with Gasteiger partial charge in [0.2, 0.25) is 16.8 Å². The molecule has 0 aromatic heterocycles. The highest BCUT2D eigenvalue weighted by Crippen LogP contribution is 2.37. The molecule has 14 heteroatoms. The summed E-state index contributed by atoms with van der Waals surface area (Å²) in [6, 6.07) is 5.93. The minimum atomic E-state index is -3.90. The molecule has 2 aromatic rings. The number of hydrogen-bond acceptors (Lipinski definition) is 10. The van der Waals surface area contributed by atoms with Gasteiger partial charge in [0.1, 0.15) is 5.69 Å². The first-order valence-corrected chi connectivity index (χ1v) is 10.8. The Morgan fingerprint density at radius 1 is 1.06 bits per heavy atom. The molecule has 0 atom stereocenters. The Kier molecular flexibility index (Phi) is 6.55. The Morgan fingerprint density at radius 3 is 2.28 bits per heavy atom. The summed E-state index contributed by atoms with van der Waals surface area (Å²) in [5.41, 5.74) is 1.61. The third kappa shape index (κ3) is 4.45.